The molecule has 1 atom stereocenters. The van der Waals surface area contributed by atoms with Gasteiger partial charge < -0.3 is 25.3 Å². The number of benzene rings is 1. The number of aromatic nitrogens is 2. The number of esters is 1. The van der Waals surface area contributed by atoms with Crippen LogP contribution in [0, 0.1) is 0 Å². The van der Waals surface area contributed by atoms with Crippen LogP contribution in [0.15, 0.2) is 59.7 Å². The van der Waals surface area contributed by atoms with Gasteiger partial charge in [-0.15, -0.1) is 0 Å². The fourth-order valence-corrected chi connectivity index (χ4v) is 3.17. The Hall–Kier alpha value is -4.14. The molecule has 2 aromatic heterocycles. The molecule has 0 fully saturated rings. The molecule has 1 aromatic carbocycles. The quantitative estimate of drug-likeness (QED) is 0.469. The second-order valence-electron chi connectivity index (χ2n) is 6.69. The van der Waals surface area contributed by atoms with E-state index in [1.807, 2.05) is 12.1 Å². The van der Waals surface area contributed by atoms with Gasteiger partial charge in [0.1, 0.15) is 23.7 Å². The summed E-state index contributed by atoms with van der Waals surface area (Å²) in [4.78, 5) is 42.8. The van der Waals surface area contributed by atoms with E-state index in [0.29, 0.717) is 11.3 Å². The van der Waals surface area contributed by atoms with E-state index in [0.717, 1.165) is 19.0 Å². The lowest BCUT2D eigenvalue weighted by Crippen LogP contribution is -2.23. The third kappa shape index (κ3) is 5.08. The zero-order chi connectivity index (χ0) is 22.4. The van der Waals surface area contributed by atoms with Crippen molar-refractivity contribution < 1.29 is 24.2 Å². The number of nitrogens with zero attached hydrogens (tertiary/aromatic N) is 1. The maximum Gasteiger partial charge on any atom is 0.343 e. The number of primary amides is 1. The monoisotopic (exact) mass is 423 g/mol. The van der Waals surface area contributed by atoms with Crippen molar-refractivity contribution in [3.05, 3.63) is 87.6 Å². The highest BCUT2D eigenvalue weighted by atomic mass is 16.5. The summed E-state index contributed by atoms with van der Waals surface area (Å²) in [6.45, 7) is 0.217. The average Bonchev–Trinajstić information content (AvgIpc) is 2.77. The lowest BCUT2D eigenvalue weighted by atomic mass is 9.87. The van der Waals surface area contributed by atoms with Gasteiger partial charge in [-0.25, -0.2) is 4.79 Å². The van der Waals surface area contributed by atoms with Crippen molar-refractivity contribution in [3.63, 3.8) is 0 Å². The second kappa shape index (κ2) is 9.57. The first-order chi connectivity index (χ1) is 14.9. The van der Waals surface area contributed by atoms with Crippen LogP contribution in [0.5, 0.6) is 11.5 Å². The number of carbonyl (C=O) groups excluding carboxylic acids is 2. The Morgan fingerprint density at radius 3 is 2.71 bits per heavy atom. The molecule has 0 radical (unpaired) electrons. The van der Waals surface area contributed by atoms with Crippen LogP contribution in [-0.2, 0) is 16.1 Å². The van der Waals surface area contributed by atoms with Crippen LogP contribution in [-0.4, -0.2) is 34.1 Å². The molecule has 0 unspecified atom stereocenters. The van der Waals surface area contributed by atoms with Crippen LogP contribution in [0.1, 0.15) is 39.5 Å². The molecule has 9 heteroatoms. The van der Waals surface area contributed by atoms with Crippen LogP contribution in [0.4, 0.5) is 0 Å². The number of carbonyl (C=O) groups is 2. The van der Waals surface area contributed by atoms with Gasteiger partial charge in [-0.2, -0.15) is 0 Å². The summed E-state index contributed by atoms with van der Waals surface area (Å²) in [5.74, 6) is -2.53. The highest BCUT2D eigenvalue weighted by molar-refractivity contribution is 5.92. The molecule has 0 saturated heterocycles. The Labute approximate surface area is 177 Å². The third-order valence-electron chi connectivity index (χ3n) is 4.63. The number of aromatic hydroxyl groups is 1. The standard InChI is InChI=1S/C22H21N3O6/c1-30-22(29)17-11-25-21(28)19(20(17)27)16(10-18(23)26)13-5-4-7-15(9-13)31-12-14-6-2-3-8-24-14/h2-9,11,16H,10,12H2,1H3,(H2,23,26)(H2,25,27,28)/t16-/m1/s1. The topological polar surface area (TPSA) is 145 Å². The van der Waals surface area contributed by atoms with Crippen LogP contribution >= 0.6 is 0 Å². The van der Waals surface area contributed by atoms with Gasteiger partial charge >= 0.3 is 5.97 Å². The highest BCUT2D eigenvalue weighted by Gasteiger charge is 2.27. The summed E-state index contributed by atoms with van der Waals surface area (Å²) < 4.78 is 10.4. The summed E-state index contributed by atoms with van der Waals surface area (Å²) in [6, 6.07) is 12.2. The Bertz CT molecular complexity index is 1140. The zero-order valence-electron chi connectivity index (χ0n) is 16.7. The Morgan fingerprint density at radius 2 is 2.03 bits per heavy atom. The molecule has 3 rings (SSSR count). The van der Waals surface area contributed by atoms with E-state index < -0.39 is 29.1 Å². The number of H-pyrrole nitrogens is 1. The minimum Gasteiger partial charge on any atom is -0.506 e. The van der Waals surface area contributed by atoms with Gasteiger partial charge in [-0.3, -0.25) is 14.6 Å². The molecule has 0 aliphatic heterocycles. The number of nitrogens with two attached hydrogens (primary N) is 1. The molecule has 160 valence electrons. The van der Waals surface area contributed by atoms with E-state index >= 15 is 0 Å². The first-order valence-corrected chi connectivity index (χ1v) is 9.34. The Morgan fingerprint density at radius 1 is 1.23 bits per heavy atom. The number of rotatable bonds is 8. The summed E-state index contributed by atoms with van der Waals surface area (Å²) in [5, 5.41) is 10.6. The van der Waals surface area contributed by atoms with E-state index in [-0.39, 0.29) is 24.2 Å². The molecule has 4 N–H and O–H groups in total. The minimum absolute atomic E-state index is 0.163. The summed E-state index contributed by atoms with van der Waals surface area (Å²) >= 11 is 0. The number of ether oxygens (including phenoxy) is 2. The first kappa shape index (κ1) is 21.6. The van der Waals surface area contributed by atoms with Gasteiger partial charge in [-0.05, 0) is 29.8 Å². The van der Waals surface area contributed by atoms with Gasteiger partial charge in [0.15, 0.2) is 0 Å². The number of nitrogens with one attached hydrogen (secondary N) is 1. The van der Waals surface area contributed by atoms with Crippen molar-refractivity contribution in [3.8, 4) is 11.5 Å². The van der Waals surface area contributed by atoms with Gasteiger partial charge in [0.25, 0.3) is 5.56 Å². The third-order valence-corrected chi connectivity index (χ3v) is 4.63. The second-order valence-corrected chi connectivity index (χ2v) is 6.69. The normalized spacial score (nSPS) is 11.5. The number of amides is 1. The van der Waals surface area contributed by atoms with Crippen LogP contribution in [0.3, 0.4) is 0 Å². The molecule has 9 nitrogen and oxygen atoms in total. The molecule has 0 aliphatic carbocycles. The number of methoxy groups -OCH3 is 1. The lowest BCUT2D eigenvalue weighted by Gasteiger charge is -2.19. The van der Waals surface area contributed by atoms with Crippen LogP contribution in [0.25, 0.3) is 0 Å². The van der Waals surface area contributed by atoms with Gasteiger partial charge in [0, 0.05) is 24.7 Å². The molecule has 31 heavy (non-hydrogen) atoms. The van der Waals surface area contributed by atoms with E-state index in [9.17, 15) is 19.5 Å². The fourth-order valence-electron chi connectivity index (χ4n) is 3.17. The zero-order valence-corrected chi connectivity index (χ0v) is 16.7. The number of aromatic amines is 1. The largest absolute Gasteiger partial charge is 0.506 e. The predicted octanol–water partition coefficient (Wildman–Crippen LogP) is 1.85. The molecular weight excluding hydrogens is 402 g/mol. The van der Waals surface area contributed by atoms with E-state index in [1.54, 1.807) is 36.5 Å². The van der Waals surface area contributed by atoms with Crippen LogP contribution < -0.4 is 16.0 Å². The van der Waals surface area contributed by atoms with E-state index in [4.69, 9.17) is 10.5 Å². The van der Waals surface area contributed by atoms with Crippen molar-refractivity contribution in [2.75, 3.05) is 7.11 Å². The van der Waals surface area contributed by atoms with E-state index in [1.165, 1.54) is 0 Å². The maximum atomic E-state index is 12.5. The van der Waals surface area contributed by atoms with Gasteiger partial charge in [0.2, 0.25) is 5.91 Å². The van der Waals surface area contributed by atoms with E-state index in [2.05, 4.69) is 14.7 Å². The summed E-state index contributed by atoms with van der Waals surface area (Å²) in [5.41, 5.74) is 5.58. The average molecular weight is 423 g/mol. The summed E-state index contributed by atoms with van der Waals surface area (Å²) in [6.07, 6.45) is 2.44. The molecule has 0 spiro atoms. The molecule has 0 saturated carbocycles. The number of hydrogen-bond acceptors (Lipinski definition) is 7. The molecule has 3 aromatic rings. The van der Waals surface area contributed by atoms with Crippen LogP contribution in [0.2, 0.25) is 0 Å². The first-order valence-electron chi connectivity index (χ1n) is 9.34. The van der Waals surface area contributed by atoms with Crippen molar-refractivity contribution in [2.45, 2.75) is 18.9 Å². The number of hydrogen-bond donors (Lipinski definition) is 3. The number of pyridine rings is 2. The molecule has 1 amide bonds. The van der Waals surface area contributed by atoms with Crippen molar-refractivity contribution in [1.29, 1.82) is 0 Å². The maximum absolute atomic E-state index is 12.5. The van der Waals surface area contributed by atoms with Gasteiger partial charge in [-0.1, -0.05) is 18.2 Å². The molecule has 0 aliphatic rings. The molecular formula is C22H21N3O6. The Balaban J connectivity index is 2.00. The lowest BCUT2D eigenvalue weighted by molar-refractivity contribution is -0.118. The smallest absolute Gasteiger partial charge is 0.343 e. The minimum atomic E-state index is -0.913. The van der Waals surface area contributed by atoms with Gasteiger partial charge in [0.05, 0.1) is 18.4 Å². The SMILES string of the molecule is COC(=O)c1c[nH]c(=O)c([C@H](CC(N)=O)c2cccc(OCc3ccccn3)c2)c1O. The fraction of sp³-hybridized carbons (Fsp3) is 0.182. The van der Waals surface area contributed by atoms with Crippen molar-refractivity contribution in [2.24, 2.45) is 5.73 Å². The molecule has 2 heterocycles. The predicted molar refractivity (Wildman–Crippen MR) is 111 cm³/mol. The van der Waals surface area contributed by atoms with Crippen molar-refractivity contribution in [1.82, 2.24) is 9.97 Å². The Kier molecular flexibility index (Phi) is 6.66. The summed E-state index contributed by atoms with van der Waals surface area (Å²) in [7, 11) is 1.15. The van der Waals surface area contributed by atoms with Crippen molar-refractivity contribution >= 4 is 11.9 Å². The highest BCUT2D eigenvalue weighted by Crippen LogP contribution is 2.34. The molecule has 0 bridgehead atoms.